The van der Waals surface area contributed by atoms with E-state index in [1.54, 1.807) is 13.6 Å². The predicted octanol–water partition coefficient (Wildman–Crippen LogP) is 4.24. The minimum atomic E-state index is -0.167. The fourth-order valence-electron chi connectivity index (χ4n) is 0.938. The molecule has 0 saturated heterocycles. The van der Waals surface area contributed by atoms with Crippen molar-refractivity contribution in [2.24, 2.45) is 0 Å². The van der Waals surface area contributed by atoms with Crippen LogP contribution in [0.5, 0.6) is 0 Å². The molecule has 0 aliphatic carbocycles. The SMILES string of the molecule is CB(C)O.CC.CC(C)(C)c1ccccc1. The van der Waals surface area contributed by atoms with Gasteiger partial charge in [0.2, 0.25) is 0 Å². The molecule has 1 N–H and O–H groups in total. The highest BCUT2D eigenvalue weighted by molar-refractivity contribution is 6.46. The summed E-state index contributed by atoms with van der Waals surface area (Å²) in [6.07, 6.45) is 0. The Kier molecular flexibility index (Phi) is 10.4. The molecule has 2 heteroatoms. The molecule has 0 aliphatic rings. The Morgan fingerprint density at radius 3 is 1.44 bits per heavy atom. The molecule has 0 fully saturated rings. The van der Waals surface area contributed by atoms with Gasteiger partial charge in [0.05, 0.1) is 0 Å². The summed E-state index contributed by atoms with van der Waals surface area (Å²) in [5, 5.41) is 8.06. The van der Waals surface area contributed by atoms with Gasteiger partial charge < -0.3 is 5.02 Å². The number of rotatable bonds is 0. The third kappa shape index (κ3) is 11.3. The molecule has 0 saturated carbocycles. The van der Waals surface area contributed by atoms with Crippen LogP contribution in [0.15, 0.2) is 30.3 Å². The zero-order chi connectivity index (χ0) is 13.2. The molecule has 0 aromatic heterocycles. The highest BCUT2D eigenvalue weighted by Crippen LogP contribution is 2.20. The van der Waals surface area contributed by atoms with Crippen molar-refractivity contribution in [1.82, 2.24) is 0 Å². The molecular formula is C14H27BO. The number of hydrogen-bond acceptors (Lipinski definition) is 1. The maximum atomic E-state index is 8.06. The summed E-state index contributed by atoms with van der Waals surface area (Å²) in [7, 11) is 0. The zero-order valence-electron chi connectivity index (χ0n) is 11.9. The van der Waals surface area contributed by atoms with Gasteiger partial charge in [-0.05, 0) is 11.0 Å². The maximum absolute atomic E-state index is 8.06. The van der Waals surface area contributed by atoms with Crippen LogP contribution in [0.3, 0.4) is 0 Å². The van der Waals surface area contributed by atoms with Crippen LogP contribution in [0.25, 0.3) is 0 Å². The van der Waals surface area contributed by atoms with Gasteiger partial charge in [-0.15, -0.1) is 0 Å². The first-order valence-corrected chi connectivity index (χ1v) is 6.07. The third-order valence-electron chi connectivity index (χ3n) is 1.64. The van der Waals surface area contributed by atoms with Crippen LogP contribution in [0.1, 0.15) is 40.2 Å². The van der Waals surface area contributed by atoms with Crippen molar-refractivity contribution >= 4 is 6.92 Å². The van der Waals surface area contributed by atoms with E-state index < -0.39 is 0 Å². The molecule has 0 amide bonds. The van der Waals surface area contributed by atoms with Crippen molar-refractivity contribution in [3.8, 4) is 0 Å². The van der Waals surface area contributed by atoms with E-state index in [-0.39, 0.29) is 6.92 Å². The summed E-state index contributed by atoms with van der Waals surface area (Å²) in [6, 6.07) is 10.6. The van der Waals surface area contributed by atoms with Crippen molar-refractivity contribution in [3.05, 3.63) is 35.9 Å². The molecule has 0 unspecified atom stereocenters. The van der Waals surface area contributed by atoms with Crippen molar-refractivity contribution in [1.29, 1.82) is 0 Å². The Morgan fingerprint density at radius 2 is 1.25 bits per heavy atom. The van der Waals surface area contributed by atoms with Crippen LogP contribution < -0.4 is 0 Å². The van der Waals surface area contributed by atoms with E-state index >= 15 is 0 Å². The molecule has 0 aliphatic heterocycles. The second-order valence-corrected chi connectivity index (χ2v) is 4.71. The average Bonchev–Trinajstić information content (AvgIpc) is 2.20. The first-order valence-electron chi connectivity index (χ1n) is 6.07. The standard InChI is InChI=1S/C10H14.C2H7BO.C2H6/c1-10(2,3)9-7-5-4-6-8-9;1-3(2)4;1-2/h4-8H,1-3H3;4H,1-2H3;1-2H3. The summed E-state index contributed by atoms with van der Waals surface area (Å²) >= 11 is 0. The van der Waals surface area contributed by atoms with Crippen LogP contribution in [0, 0.1) is 0 Å². The van der Waals surface area contributed by atoms with Gasteiger partial charge >= 0.3 is 0 Å². The van der Waals surface area contributed by atoms with Crippen molar-refractivity contribution in [2.75, 3.05) is 0 Å². The van der Waals surface area contributed by atoms with Gasteiger partial charge in [0.1, 0.15) is 0 Å². The lowest BCUT2D eigenvalue weighted by molar-refractivity contribution is 0.587. The fraction of sp³-hybridized carbons (Fsp3) is 0.571. The summed E-state index contributed by atoms with van der Waals surface area (Å²) in [6.45, 7) is 14.0. The van der Waals surface area contributed by atoms with Gasteiger partial charge in [-0.3, -0.25) is 0 Å². The lowest BCUT2D eigenvalue weighted by atomic mass is 9.76. The van der Waals surface area contributed by atoms with Crippen molar-refractivity contribution in [2.45, 2.75) is 53.7 Å². The highest BCUT2D eigenvalue weighted by Gasteiger charge is 2.11. The smallest absolute Gasteiger partial charge is 0.282 e. The minimum Gasteiger partial charge on any atom is -0.451 e. The Labute approximate surface area is 102 Å². The van der Waals surface area contributed by atoms with Crippen LogP contribution in [0.2, 0.25) is 13.6 Å². The topological polar surface area (TPSA) is 20.2 Å². The lowest BCUT2D eigenvalue weighted by Gasteiger charge is -2.18. The molecule has 1 aromatic carbocycles. The molecule has 1 aromatic rings. The first kappa shape index (κ1) is 17.6. The molecular weight excluding hydrogens is 195 g/mol. The lowest BCUT2D eigenvalue weighted by Crippen LogP contribution is -2.10. The molecule has 16 heavy (non-hydrogen) atoms. The molecule has 1 nitrogen and oxygen atoms in total. The number of hydrogen-bond donors (Lipinski definition) is 1. The van der Waals surface area contributed by atoms with E-state index in [1.165, 1.54) is 5.56 Å². The van der Waals surface area contributed by atoms with Crippen LogP contribution >= 0.6 is 0 Å². The molecule has 92 valence electrons. The van der Waals surface area contributed by atoms with Gasteiger partial charge in [-0.1, -0.05) is 78.6 Å². The molecule has 0 spiro atoms. The largest absolute Gasteiger partial charge is 0.451 e. The maximum Gasteiger partial charge on any atom is 0.282 e. The third-order valence-corrected chi connectivity index (χ3v) is 1.64. The van der Waals surface area contributed by atoms with E-state index in [1.807, 2.05) is 13.8 Å². The van der Waals surface area contributed by atoms with Gasteiger partial charge in [0, 0.05) is 0 Å². The molecule has 0 bridgehead atoms. The van der Waals surface area contributed by atoms with Crippen LogP contribution in [0.4, 0.5) is 0 Å². The predicted molar refractivity (Wildman–Crippen MR) is 76.2 cm³/mol. The van der Waals surface area contributed by atoms with E-state index in [0.717, 1.165) is 0 Å². The summed E-state index contributed by atoms with van der Waals surface area (Å²) in [4.78, 5) is 0. The Morgan fingerprint density at radius 1 is 0.938 bits per heavy atom. The molecule has 0 radical (unpaired) electrons. The van der Waals surface area contributed by atoms with Crippen LogP contribution in [-0.2, 0) is 5.41 Å². The monoisotopic (exact) mass is 222 g/mol. The fourth-order valence-corrected chi connectivity index (χ4v) is 0.938. The Bertz CT molecular complexity index is 234. The minimum absolute atomic E-state index is 0.167. The molecule has 0 atom stereocenters. The Hall–Kier alpha value is -0.755. The van der Waals surface area contributed by atoms with E-state index in [0.29, 0.717) is 5.41 Å². The van der Waals surface area contributed by atoms with E-state index in [2.05, 4.69) is 51.1 Å². The normalized spacial score (nSPS) is 9.25. The second-order valence-electron chi connectivity index (χ2n) is 4.71. The molecule has 1 rings (SSSR count). The van der Waals surface area contributed by atoms with Gasteiger partial charge in [0.25, 0.3) is 6.92 Å². The summed E-state index contributed by atoms with van der Waals surface area (Å²) < 4.78 is 0. The zero-order valence-corrected chi connectivity index (χ0v) is 11.9. The van der Waals surface area contributed by atoms with E-state index in [9.17, 15) is 0 Å². The molecule has 0 heterocycles. The van der Waals surface area contributed by atoms with Crippen molar-refractivity contribution < 1.29 is 5.02 Å². The van der Waals surface area contributed by atoms with Gasteiger partial charge in [0.15, 0.2) is 0 Å². The first-order chi connectivity index (χ1) is 7.34. The summed E-state index contributed by atoms with van der Waals surface area (Å²) in [5.74, 6) is 0. The summed E-state index contributed by atoms with van der Waals surface area (Å²) in [5.41, 5.74) is 1.69. The average molecular weight is 222 g/mol. The number of benzene rings is 1. The van der Waals surface area contributed by atoms with E-state index in [4.69, 9.17) is 5.02 Å². The second kappa shape index (κ2) is 9.47. The van der Waals surface area contributed by atoms with Crippen LogP contribution in [-0.4, -0.2) is 11.9 Å². The Balaban J connectivity index is 0. The van der Waals surface area contributed by atoms with Gasteiger partial charge in [-0.25, -0.2) is 0 Å². The quantitative estimate of drug-likeness (QED) is 0.651. The van der Waals surface area contributed by atoms with Gasteiger partial charge in [-0.2, -0.15) is 0 Å². The highest BCUT2D eigenvalue weighted by atomic mass is 16.2. The van der Waals surface area contributed by atoms with Crippen molar-refractivity contribution in [3.63, 3.8) is 0 Å².